The average Bonchev–Trinajstić information content (AvgIpc) is 3.13. The van der Waals surface area contributed by atoms with Crippen molar-refractivity contribution >= 4 is 5.69 Å². The van der Waals surface area contributed by atoms with E-state index in [9.17, 15) is 13.2 Å². The maximum atomic E-state index is 13.5. The second-order valence-electron chi connectivity index (χ2n) is 7.12. The minimum atomic E-state index is -4.59. The number of pyridine rings is 1. The predicted octanol–water partition coefficient (Wildman–Crippen LogP) is 5.76. The molecule has 0 spiro atoms. The van der Waals surface area contributed by atoms with Crippen molar-refractivity contribution in [1.82, 2.24) is 15.0 Å². The van der Waals surface area contributed by atoms with Gasteiger partial charge in [0.05, 0.1) is 11.9 Å². The highest BCUT2D eigenvalue weighted by Crippen LogP contribution is 2.35. The normalized spacial score (nSPS) is 15.1. The van der Waals surface area contributed by atoms with E-state index < -0.39 is 11.9 Å². The number of nitrogens with one attached hydrogen (secondary N) is 1. The lowest BCUT2D eigenvalue weighted by Gasteiger charge is -2.17. The van der Waals surface area contributed by atoms with E-state index in [1.54, 1.807) is 12.3 Å². The van der Waals surface area contributed by atoms with Crippen LogP contribution in [0.2, 0.25) is 0 Å². The Morgan fingerprint density at radius 1 is 1.22 bits per heavy atom. The number of nitrogens with zero attached hydrogens (tertiary/aromatic N) is 3. The molecule has 0 saturated heterocycles. The molecule has 1 aliphatic rings. The molecule has 1 saturated carbocycles. The molecule has 0 aromatic carbocycles. The van der Waals surface area contributed by atoms with Crippen molar-refractivity contribution in [3.63, 3.8) is 0 Å². The molecule has 4 nitrogen and oxygen atoms in total. The highest BCUT2D eigenvalue weighted by atomic mass is 19.4. The van der Waals surface area contributed by atoms with Gasteiger partial charge in [-0.15, -0.1) is 0 Å². The van der Waals surface area contributed by atoms with E-state index in [2.05, 4.69) is 26.8 Å². The van der Waals surface area contributed by atoms with Crippen molar-refractivity contribution in [1.29, 1.82) is 0 Å². The van der Waals surface area contributed by atoms with Crippen molar-refractivity contribution in [3.05, 3.63) is 48.2 Å². The summed E-state index contributed by atoms with van der Waals surface area (Å²) in [5.41, 5.74) is 0.680. The molecule has 0 radical (unpaired) electrons. The highest BCUT2D eigenvalue weighted by molar-refractivity contribution is 5.59. The van der Waals surface area contributed by atoms with Gasteiger partial charge in [-0.05, 0) is 37.3 Å². The van der Waals surface area contributed by atoms with Crippen LogP contribution in [0, 0.1) is 12.8 Å². The van der Waals surface area contributed by atoms with E-state index in [0.29, 0.717) is 23.6 Å². The number of hydrogen-bond acceptors (Lipinski definition) is 4. The lowest BCUT2D eigenvalue weighted by Crippen LogP contribution is -2.14. The van der Waals surface area contributed by atoms with Gasteiger partial charge >= 0.3 is 6.18 Å². The second kappa shape index (κ2) is 8.06. The fraction of sp³-hybridized carbons (Fsp3) is 0.450. The third kappa shape index (κ3) is 5.05. The van der Waals surface area contributed by atoms with E-state index >= 15 is 0 Å². The van der Waals surface area contributed by atoms with Gasteiger partial charge in [-0.25, -0.2) is 9.97 Å². The summed E-state index contributed by atoms with van der Waals surface area (Å²) in [7, 11) is 0. The first-order valence-electron chi connectivity index (χ1n) is 9.14. The number of aryl methyl sites for hydroxylation is 1. The van der Waals surface area contributed by atoms with Gasteiger partial charge in [0.1, 0.15) is 0 Å². The summed E-state index contributed by atoms with van der Waals surface area (Å²) >= 11 is 0. The van der Waals surface area contributed by atoms with Crippen LogP contribution in [-0.4, -0.2) is 15.0 Å². The molecule has 2 heterocycles. The Bertz CT molecular complexity index is 811. The summed E-state index contributed by atoms with van der Waals surface area (Å²) < 4.78 is 40.6. The lowest BCUT2D eigenvalue weighted by atomic mass is 10.0. The number of hydrogen-bond donors (Lipinski definition) is 1. The van der Waals surface area contributed by atoms with Crippen LogP contribution in [-0.2, 0) is 6.18 Å². The van der Waals surface area contributed by atoms with Gasteiger partial charge in [0.2, 0.25) is 0 Å². The largest absolute Gasteiger partial charge is 0.435 e. The first kappa shape index (κ1) is 19.3. The third-order valence-corrected chi connectivity index (χ3v) is 4.83. The van der Waals surface area contributed by atoms with Gasteiger partial charge in [-0.1, -0.05) is 32.3 Å². The summed E-state index contributed by atoms with van der Waals surface area (Å²) in [5, 5.41) is 2.78. The topological polar surface area (TPSA) is 50.7 Å². The molecule has 1 N–H and O–H groups in total. The van der Waals surface area contributed by atoms with Gasteiger partial charge in [-0.2, -0.15) is 13.2 Å². The third-order valence-electron chi connectivity index (χ3n) is 4.83. The van der Waals surface area contributed by atoms with Crippen LogP contribution in [0.4, 0.5) is 18.9 Å². The number of alkyl halides is 3. The predicted molar refractivity (Wildman–Crippen MR) is 99.0 cm³/mol. The summed E-state index contributed by atoms with van der Waals surface area (Å²) in [4.78, 5) is 11.9. The Hall–Kier alpha value is -2.44. The maximum absolute atomic E-state index is 13.5. The van der Waals surface area contributed by atoms with Crippen LogP contribution in [0.1, 0.15) is 49.8 Å². The Balaban J connectivity index is 1.78. The van der Waals surface area contributed by atoms with E-state index in [0.717, 1.165) is 12.0 Å². The molecule has 0 amide bonds. The van der Waals surface area contributed by atoms with E-state index in [1.165, 1.54) is 38.1 Å². The Kier molecular flexibility index (Phi) is 5.77. The number of rotatable bonds is 6. The number of halogens is 3. The first-order chi connectivity index (χ1) is 12.8. The second-order valence-corrected chi connectivity index (χ2v) is 7.12. The van der Waals surface area contributed by atoms with Crippen LogP contribution < -0.4 is 5.32 Å². The molecule has 3 rings (SSSR count). The van der Waals surface area contributed by atoms with E-state index in [4.69, 9.17) is 0 Å². The van der Waals surface area contributed by atoms with Gasteiger partial charge in [-0.3, -0.25) is 4.98 Å². The molecule has 2 aromatic rings. The maximum Gasteiger partial charge on any atom is 0.435 e. The molecule has 27 heavy (non-hydrogen) atoms. The molecule has 144 valence electrons. The molecule has 1 aliphatic carbocycles. The summed E-state index contributed by atoms with van der Waals surface area (Å²) in [6.45, 7) is 5.69. The standard InChI is InChI=1S/C20H23F3N4/c1-13-9-16(11-24-10-13)19-25-12-17(18(27-19)20(21,22)23)26-14(2)7-8-15-5-3-4-6-15/h9-12,15,26H,2-8H2,1H3. The number of allylic oxidation sites excluding steroid dienone is 1. The quantitative estimate of drug-likeness (QED) is 0.696. The van der Waals surface area contributed by atoms with Gasteiger partial charge in [0, 0.05) is 23.7 Å². The molecule has 0 bridgehead atoms. The van der Waals surface area contributed by atoms with Gasteiger partial charge in [0.15, 0.2) is 11.5 Å². The number of anilines is 1. The molecule has 0 atom stereocenters. The summed E-state index contributed by atoms with van der Waals surface area (Å²) in [6.07, 6.45) is 6.13. The summed E-state index contributed by atoms with van der Waals surface area (Å²) in [5.74, 6) is 0.652. The zero-order valence-electron chi connectivity index (χ0n) is 15.3. The Morgan fingerprint density at radius 2 is 1.96 bits per heavy atom. The molecular weight excluding hydrogens is 353 g/mol. The van der Waals surface area contributed by atoms with Crippen molar-refractivity contribution in [2.45, 2.75) is 51.6 Å². The van der Waals surface area contributed by atoms with Crippen molar-refractivity contribution in [2.75, 3.05) is 5.32 Å². The molecule has 1 fully saturated rings. The van der Waals surface area contributed by atoms with Crippen molar-refractivity contribution in [3.8, 4) is 11.4 Å². The van der Waals surface area contributed by atoms with Gasteiger partial charge in [0.25, 0.3) is 0 Å². The zero-order chi connectivity index (χ0) is 19.4. The van der Waals surface area contributed by atoms with Crippen LogP contribution >= 0.6 is 0 Å². The van der Waals surface area contributed by atoms with Crippen LogP contribution in [0.25, 0.3) is 11.4 Å². The van der Waals surface area contributed by atoms with Crippen LogP contribution in [0.15, 0.2) is 36.9 Å². The molecule has 0 aliphatic heterocycles. The first-order valence-corrected chi connectivity index (χ1v) is 9.14. The minimum absolute atomic E-state index is 0.000595. The fourth-order valence-corrected chi connectivity index (χ4v) is 3.44. The van der Waals surface area contributed by atoms with Crippen LogP contribution in [0.3, 0.4) is 0 Å². The minimum Gasteiger partial charge on any atom is -0.356 e. The number of aromatic nitrogens is 3. The Labute approximate surface area is 157 Å². The average molecular weight is 376 g/mol. The fourth-order valence-electron chi connectivity index (χ4n) is 3.44. The summed E-state index contributed by atoms with van der Waals surface area (Å²) in [6, 6.07) is 1.70. The lowest BCUT2D eigenvalue weighted by molar-refractivity contribution is -0.140. The van der Waals surface area contributed by atoms with E-state index in [1.807, 2.05) is 6.92 Å². The molecule has 0 unspecified atom stereocenters. The van der Waals surface area contributed by atoms with E-state index in [-0.39, 0.29) is 11.5 Å². The molecule has 7 heteroatoms. The van der Waals surface area contributed by atoms with Crippen molar-refractivity contribution < 1.29 is 13.2 Å². The van der Waals surface area contributed by atoms with Crippen molar-refractivity contribution in [2.24, 2.45) is 5.92 Å². The molecule has 2 aromatic heterocycles. The highest BCUT2D eigenvalue weighted by Gasteiger charge is 2.36. The monoisotopic (exact) mass is 376 g/mol. The molecular formula is C20H23F3N4. The zero-order valence-corrected chi connectivity index (χ0v) is 15.3. The van der Waals surface area contributed by atoms with Crippen LogP contribution in [0.5, 0.6) is 0 Å². The smallest absolute Gasteiger partial charge is 0.356 e. The Morgan fingerprint density at radius 3 is 2.63 bits per heavy atom. The SMILES string of the molecule is C=C(CCC1CCCC1)Nc1cnc(-c2cncc(C)c2)nc1C(F)(F)F. The van der Waals surface area contributed by atoms with Gasteiger partial charge < -0.3 is 5.32 Å².